The van der Waals surface area contributed by atoms with E-state index in [2.05, 4.69) is 0 Å². The average molecular weight is 276 g/mol. The lowest BCUT2D eigenvalue weighted by Crippen LogP contribution is -2.53. The van der Waals surface area contributed by atoms with Crippen molar-refractivity contribution in [2.24, 2.45) is 5.73 Å². The topological polar surface area (TPSA) is 64.8 Å². The molecule has 1 aromatic carbocycles. The highest BCUT2D eigenvalue weighted by atomic mass is 16.6. The van der Waals surface area contributed by atoms with Crippen LogP contribution < -0.4 is 15.2 Å². The van der Waals surface area contributed by atoms with E-state index < -0.39 is 6.10 Å². The summed E-state index contributed by atoms with van der Waals surface area (Å²) in [6, 6.07) is 7.76. The number of fused-ring (bicyclic) bond motifs is 1. The second-order valence-corrected chi connectivity index (χ2v) is 5.27. The van der Waals surface area contributed by atoms with Gasteiger partial charge in [-0.3, -0.25) is 4.79 Å². The first-order valence-corrected chi connectivity index (χ1v) is 7.18. The lowest BCUT2D eigenvalue weighted by atomic mass is 9.91. The highest BCUT2D eigenvalue weighted by Gasteiger charge is 2.35. The SMILES string of the molecule is NCCN(C(=O)C1COc2ccccc2O1)C1CCC1. The van der Waals surface area contributed by atoms with Gasteiger partial charge in [0.1, 0.15) is 6.61 Å². The summed E-state index contributed by atoms with van der Waals surface area (Å²) in [5.41, 5.74) is 5.62. The Labute approximate surface area is 118 Å². The van der Waals surface area contributed by atoms with Gasteiger partial charge >= 0.3 is 0 Å². The molecule has 0 saturated heterocycles. The van der Waals surface area contributed by atoms with Crippen LogP contribution in [0.2, 0.25) is 0 Å². The van der Waals surface area contributed by atoms with Gasteiger partial charge < -0.3 is 20.1 Å². The van der Waals surface area contributed by atoms with E-state index in [1.54, 1.807) is 0 Å². The third-order valence-electron chi connectivity index (χ3n) is 3.95. The van der Waals surface area contributed by atoms with E-state index in [9.17, 15) is 4.79 Å². The molecule has 0 spiro atoms. The van der Waals surface area contributed by atoms with Crippen molar-refractivity contribution in [2.45, 2.75) is 31.4 Å². The zero-order chi connectivity index (χ0) is 13.9. The molecule has 0 radical (unpaired) electrons. The molecule has 5 nitrogen and oxygen atoms in total. The highest BCUT2D eigenvalue weighted by molar-refractivity contribution is 5.82. The predicted octanol–water partition coefficient (Wildman–Crippen LogP) is 1.17. The molecule has 3 rings (SSSR count). The third kappa shape index (κ3) is 2.45. The van der Waals surface area contributed by atoms with Gasteiger partial charge in [0, 0.05) is 19.1 Å². The Kier molecular flexibility index (Phi) is 3.78. The van der Waals surface area contributed by atoms with Crippen molar-refractivity contribution in [1.29, 1.82) is 0 Å². The quantitative estimate of drug-likeness (QED) is 0.896. The van der Waals surface area contributed by atoms with Gasteiger partial charge in [0.2, 0.25) is 6.10 Å². The van der Waals surface area contributed by atoms with Crippen LogP contribution in [0.4, 0.5) is 0 Å². The van der Waals surface area contributed by atoms with E-state index in [0.717, 1.165) is 12.8 Å². The molecule has 2 aliphatic rings. The van der Waals surface area contributed by atoms with Gasteiger partial charge in [-0.25, -0.2) is 0 Å². The molecule has 0 aromatic heterocycles. The number of carbonyl (C=O) groups is 1. The fourth-order valence-corrected chi connectivity index (χ4v) is 2.64. The van der Waals surface area contributed by atoms with E-state index in [-0.39, 0.29) is 12.5 Å². The molecule has 1 fully saturated rings. The Morgan fingerprint density at radius 1 is 1.30 bits per heavy atom. The number of nitrogens with zero attached hydrogens (tertiary/aromatic N) is 1. The molecule has 1 atom stereocenters. The summed E-state index contributed by atoms with van der Waals surface area (Å²) >= 11 is 0. The molecule has 1 aliphatic carbocycles. The first kappa shape index (κ1) is 13.2. The van der Waals surface area contributed by atoms with Crippen LogP contribution in [0, 0.1) is 0 Å². The number of ether oxygens (including phenoxy) is 2. The number of benzene rings is 1. The van der Waals surface area contributed by atoms with Gasteiger partial charge in [0.25, 0.3) is 5.91 Å². The molecule has 1 saturated carbocycles. The Balaban J connectivity index is 1.70. The number of nitrogens with two attached hydrogens (primary N) is 1. The van der Waals surface area contributed by atoms with E-state index >= 15 is 0 Å². The van der Waals surface area contributed by atoms with Crippen molar-refractivity contribution in [1.82, 2.24) is 4.90 Å². The highest BCUT2D eigenvalue weighted by Crippen LogP contribution is 2.32. The summed E-state index contributed by atoms with van der Waals surface area (Å²) in [6.45, 7) is 1.33. The summed E-state index contributed by atoms with van der Waals surface area (Å²) < 4.78 is 11.4. The lowest BCUT2D eigenvalue weighted by molar-refractivity contribution is -0.145. The van der Waals surface area contributed by atoms with Crippen molar-refractivity contribution in [2.75, 3.05) is 19.7 Å². The van der Waals surface area contributed by atoms with Crippen LogP contribution >= 0.6 is 0 Å². The number of amides is 1. The van der Waals surface area contributed by atoms with E-state index in [1.807, 2.05) is 29.2 Å². The largest absolute Gasteiger partial charge is 0.485 e. The second kappa shape index (κ2) is 5.71. The van der Waals surface area contributed by atoms with Crippen LogP contribution in [0.15, 0.2) is 24.3 Å². The normalized spacial score (nSPS) is 21.1. The maximum atomic E-state index is 12.6. The van der Waals surface area contributed by atoms with Gasteiger partial charge in [-0.1, -0.05) is 12.1 Å². The molecular weight excluding hydrogens is 256 g/mol. The zero-order valence-corrected chi connectivity index (χ0v) is 11.5. The van der Waals surface area contributed by atoms with Crippen LogP contribution in [0.25, 0.3) is 0 Å². The van der Waals surface area contributed by atoms with Crippen LogP contribution in [0.3, 0.4) is 0 Å². The number of hydrogen-bond donors (Lipinski definition) is 1. The van der Waals surface area contributed by atoms with Crippen molar-refractivity contribution in [3.8, 4) is 11.5 Å². The number of rotatable bonds is 4. The molecule has 1 aliphatic heterocycles. The van der Waals surface area contributed by atoms with Gasteiger partial charge in [0.05, 0.1) is 0 Å². The Bertz CT molecular complexity index is 488. The maximum Gasteiger partial charge on any atom is 0.267 e. The van der Waals surface area contributed by atoms with Crippen LogP contribution in [-0.4, -0.2) is 42.6 Å². The fraction of sp³-hybridized carbons (Fsp3) is 0.533. The first-order chi connectivity index (χ1) is 9.79. The minimum atomic E-state index is -0.558. The monoisotopic (exact) mass is 276 g/mol. The predicted molar refractivity (Wildman–Crippen MR) is 74.8 cm³/mol. The molecule has 1 unspecified atom stereocenters. The Morgan fingerprint density at radius 2 is 2.05 bits per heavy atom. The van der Waals surface area contributed by atoms with Crippen molar-refractivity contribution >= 4 is 5.91 Å². The van der Waals surface area contributed by atoms with Crippen molar-refractivity contribution in [3.63, 3.8) is 0 Å². The number of para-hydroxylation sites is 2. The summed E-state index contributed by atoms with van der Waals surface area (Å²) in [6.07, 6.45) is 2.76. The van der Waals surface area contributed by atoms with Crippen molar-refractivity contribution < 1.29 is 14.3 Å². The summed E-state index contributed by atoms with van der Waals surface area (Å²) in [5, 5.41) is 0. The third-order valence-corrected chi connectivity index (χ3v) is 3.95. The van der Waals surface area contributed by atoms with E-state index in [0.29, 0.717) is 30.6 Å². The van der Waals surface area contributed by atoms with Gasteiger partial charge in [-0.05, 0) is 31.4 Å². The smallest absolute Gasteiger partial charge is 0.267 e. The van der Waals surface area contributed by atoms with E-state index in [4.69, 9.17) is 15.2 Å². The van der Waals surface area contributed by atoms with Gasteiger partial charge in [-0.2, -0.15) is 0 Å². The molecule has 5 heteroatoms. The van der Waals surface area contributed by atoms with Crippen LogP contribution in [-0.2, 0) is 4.79 Å². The molecule has 0 bridgehead atoms. The first-order valence-electron chi connectivity index (χ1n) is 7.18. The minimum Gasteiger partial charge on any atom is -0.485 e. The standard InChI is InChI=1S/C15H20N2O3/c16-8-9-17(11-4-3-5-11)15(18)14-10-19-12-6-1-2-7-13(12)20-14/h1-2,6-7,11,14H,3-5,8-10,16H2. The summed E-state index contributed by atoms with van der Waals surface area (Å²) in [4.78, 5) is 14.5. The molecule has 1 aromatic rings. The second-order valence-electron chi connectivity index (χ2n) is 5.27. The maximum absolute atomic E-state index is 12.6. The average Bonchev–Trinajstić information content (AvgIpc) is 2.43. The number of hydrogen-bond acceptors (Lipinski definition) is 4. The minimum absolute atomic E-state index is 0.00495. The van der Waals surface area contributed by atoms with Gasteiger partial charge in [-0.15, -0.1) is 0 Å². The van der Waals surface area contributed by atoms with Crippen LogP contribution in [0.1, 0.15) is 19.3 Å². The Morgan fingerprint density at radius 3 is 2.70 bits per heavy atom. The van der Waals surface area contributed by atoms with E-state index in [1.165, 1.54) is 6.42 Å². The lowest BCUT2D eigenvalue weighted by Gasteiger charge is -2.39. The molecule has 2 N–H and O–H groups in total. The number of carbonyl (C=O) groups excluding carboxylic acids is 1. The molecular formula is C15H20N2O3. The van der Waals surface area contributed by atoms with Gasteiger partial charge in [0.15, 0.2) is 11.5 Å². The Hall–Kier alpha value is -1.75. The summed E-state index contributed by atoms with van der Waals surface area (Å²) in [5.74, 6) is 1.33. The fourth-order valence-electron chi connectivity index (χ4n) is 2.64. The molecule has 20 heavy (non-hydrogen) atoms. The summed E-state index contributed by atoms with van der Waals surface area (Å²) in [7, 11) is 0. The molecule has 1 amide bonds. The molecule has 108 valence electrons. The molecule has 1 heterocycles. The van der Waals surface area contributed by atoms with Crippen LogP contribution in [0.5, 0.6) is 11.5 Å². The van der Waals surface area contributed by atoms with Crippen molar-refractivity contribution in [3.05, 3.63) is 24.3 Å². The zero-order valence-electron chi connectivity index (χ0n) is 11.5.